The van der Waals surface area contributed by atoms with Crippen LogP contribution in [0.1, 0.15) is 15.9 Å². The Hall–Kier alpha value is -3.42. The zero-order valence-electron chi connectivity index (χ0n) is 11.2. The molecule has 8 nitrogen and oxygen atoms in total. The van der Waals surface area contributed by atoms with Gasteiger partial charge in [0.15, 0.2) is 0 Å². The van der Waals surface area contributed by atoms with Crippen molar-refractivity contribution in [2.75, 3.05) is 5.32 Å². The van der Waals surface area contributed by atoms with E-state index in [9.17, 15) is 20.0 Å². The summed E-state index contributed by atoms with van der Waals surface area (Å²) >= 11 is 0. The van der Waals surface area contributed by atoms with E-state index in [1.807, 2.05) is 0 Å². The summed E-state index contributed by atoms with van der Waals surface area (Å²) < 4.78 is 0. The highest BCUT2D eigenvalue weighted by atomic mass is 16.6. The van der Waals surface area contributed by atoms with Crippen LogP contribution in [0.15, 0.2) is 42.5 Å². The summed E-state index contributed by atoms with van der Waals surface area (Å²) in [6.07, 6.45) is 0. The van der Waals surface area contributed by atoms with Crippen molar-refractivity contribution in [2.24, 2.45) is 5.73 Å². The van der Waals surface area contributed by atoms with Gasteiger partial charge in [-0.2, -0.15) is 0 Å². The lowest BCUT2D eigenvalue weighted by Crippen LogP contribution is -2.13. The minimum atomic E-state index is -0.684. The van der Waals surface area contributed by atoms with Crippen molar-refractivity contribution >= 4 is 23.1 Å². The number of rotatable bonds is 4. The molecule has 8 heteroatoms. The van der Waals surface area contributed by atoms with E-state index in [0.29, 0.717) is 11.3 Å². The highest BCUT2D eigenvalue weighted by Crippen LogP contribution is 2.24. The number of nitrogen functional groups attached to an aromatic ring is 1. The number of nitrogens with two attached hydrogens (primary N) is 1. The number of nitrogens with zero attached hydrogens (tertiary/aromatic N) is 1. The topological polar surface area (TPSA) is 142 Å². The molecule has 112 valence electrons. The van der Waals surface area contributed by atoms with Gasteiger partial charge in [-0.25, -0.2) is 0 Å². The summed E-state index contributed by atoms with van der Waals surface area (Å²) in [5, 5.41) is 30.1. The molecule has 5 N–H and O–H groups in total. The summed E-state index contributed by atoms with van der Waals surface area (Å²) in [6.45, 7) is 0. The van der Waals surface area contributed by atoms with Crippen LogP contribution < -0.4 is 11.1 Å². The fourth-order valence-electron chi connectivity index (χ4n) is 1.75. The zero-order chi connectivity index (χ0) is 16.3. The molecule has 0 heterocycles. The van der Waals surface area contributed by atoms with E-state index in [1.54, 1.807) is 12.1 Å². The molecule has 0 aliphatic heterocycles. The number of nitro groups is 1. The predicted octanol–water partition coefficient (Wildman–Crippen LogP) is 1.84. The van der Waals surface area contributed by atoms with Crippen LogP contribution in [0, 0.1) is 15.5 Å². The fraction of sp³-hybridized carbons (Fsp3) is 0. The Morgan fingerprint density at radius 1 is 1.23 bits per heavy atom. The molecule has 0 aromatic heterocycles. The predicted molar refractivity (Wildman–Crippen MR) is 80.2 cm³/mol. The smallest absolute Gasteiger partial charge is 0.270 e. The van der Waals surface area contributed by atoms with E-state index in [0.717, 1.165) is 18.2 Å². The Morgan fingerprint density at radius 3 is 2.41 bits per heavy atom. The number of benzene rings is 2. The van der Waals surface area contributed by atoms with Crippen LogP contribution in [-0.2, 0) is 0 Å². The monoisotopic (exact) mass is 300 g/mol. The van der Waals surface area contributed by atoms with Gasteiger partial charge in [0.25, 0.3) is 11.6 Å². The molecule has 0 spiro atoms. The van der Waals surface area contributed by atoms with Gasteiger partial charge in [0.2, 0.25) is 0 Å². The third-order valence-electron chi connectivity index (χ3n) is 2.89. The lowest BCUT2D eigenvalue weighted by Gasteiger charge is -2.07. The van der Waals surface area contributed by atoms with Crippen LogP contribution in [0.2, 0.25) is 0 Å². The molecule has 0 radical (unpaired) electrons. The van der Waals surface area contributed by atoms with Crippen LogP contribution in [0.4, 0.5) is 11.4 Å². The minimum absolute atomic E-state index is 0.103. The van der Waals surface area contributed by atoms with Crippen molar-refractivity contribution in [1.82, 2.24) is 0 Å². The molecular formula is C14H12N4O4. The first-order valence-corrected chi connectivity index (χ1v) is 6.11. The van der Waals surface area contributed by atoms with Crippen LogP contribution in [-0.4, -0.2) is 21.8 Å². The van der Waals surface area contributed by atoms with Crippen molar-refractivity contribution in [3.05, 3.63) is 63.7 Å². The summed E-state index contributed by atoms with van der Waals surface area (Å²) in [5.74, 6) is -1.14. The first kappa shape index (κ1) is 15.0. The molecule has 0 fully saturated rings. The van der Waals surface area contributed by atoms with E-state index < -0.39 is 10.8 Å². The molecule has 22 heavy (non-hydrogen) atoms. The summed E-state index contributed by atoms with van der Waals surface area (Å²) in [6, 6.07) is 9.34. The Balaban J connectivity index is 2.23. The van der Waals surface area contributed by atoms with Gasteiger partial charge in [-0.3, -0.25) is 20.3 Å². The quantitative estimate of drug-likeness (QED) is 0.295. The second-order valence-corrected chi connectivity index (χ2v) is 4.40. The number of carbonyl (C=O) groups is 1. The summed E-state index contributed by atoms with van der Waals surface area (Å²) in [5.41, 5.74) is 5.72. The van der Waals surface area contributed by atoms with Crippen LogP contribution in [0.3, 0.4) is 0 Å². The third-order valence-corrected chi connectivity index (χ3v) is 2.89. The Morgan fingerprint density at radius 2 is 1.86 bits per heavy atom. The van der Waals surface area contributed by atoms with Crippen molar-refractivity contribution < 1.29 is 14.8 Å². The minimum Gasteiger partial charge on any atom is -0.507 e. The number of hydrogen-bond acceptors (Lipinski definition) is 5. The Labute approximate surface area is 124 Å². The molecule has 2 aromatic carbocycles. The normalized spacial score (nSPS) is 10.0. The number of nitrogens with one attached hydrogen (secondary N) is 2. The highest BCUT2D eigenvalue weighted by molar-refractivity contribution is 6.06. The molecule has 0 aliphatic rings. The second kappa shape index (κ2) is 5.92. The van der Waals surface area contributed by atoms with Crippen molar-refractivity contribution in [1.29, 1.82) is 5.41 Å². The number of hydrogen-bond donors (Lipinski definition) is 4. The number of amidine groups is 1. The van der Waals surface area contributed by atoms with Gasteiger partial charge in [-0.05, 0) is 30.3 Å². The Bertz CT molecular complexity index is 756. The molecule has 0 atom stereocenters. The van der Waals surface area contributed by atoms with Gasteiger partial charge in [-0.1, -0.05) is 0 Å². The van der Waals surface area contributed by atoms with Crippen molar-refractivity contribution in [3.63, 3.8) is 0 Å². The van der Waals surface area contributed by atoms with E-state index in [2.05, 4.69) is 5.32 Å². The van der Waals surface area contributed by atoms with Crippen molar-refractivity contribution in [2.45, 2.75) is 0 Å². The number of phenols is 1. The maximum atomic E-state index is 12.1. The summed E-state index contributed by atoms with van der Waals surface area (Å²) in [4.78, 5) is 22.1. The fourth-order valence-corrected chi connectivity index (χ4v) is 1.75. The van der Waals surface area contributed by atoms with Gasteiger partial charge in [0.1, 0.15) is 11.6 Å². The van der Waals surface area contributed by atoms with E-state index >= 15 is 0 Å². The van der Waals surface area contributed by atoms with E-state index in [4.69, 9.17) is 11.1 Å². The summed E-state index contributed by atoms with van der Waals surface area (Å²) in [7, 11) is 0. The zero-order valence-corrected chi connectivity index (χ0v) is 11.2. The average molecular weight is 300 g/mol. The molecule has 0 bridgehead atoms. The lowest BCUT2D eigenvalue weighted by atomic mass is 10.1. The first-order chi connectivity index (χ1) is 10.4. The largest absolute Gasteiger partial charge is 0.507 e. The number of nitro benzene ring substituents is 1. The number of aromatic hydroxyl groups is 1. The number of anilines is 1. The molecule has 2 rings (SSSR count). The van der Waals surface area contributed by atoms with Crippen LogP contribution in [0.5, 0.6) is 5.75 Å². The number of non-ortho nitro benzene ring substituents is 1. The molecule has 0 saturated carbocycles. The number of phenolic OH excluding ortho intramolecular Hbond substituents is 1. The lowest BCUT2D eigenvalue weighted by molar-refractivity contribution is -0.384. The van der Waals surface area contributed by atoms with Gasteiger partial charge in [0, 0.05) is 23.4 Å². The van der Waals surface area contributed by atoms with E-state index in [-0.39, 0.29) is 22.8 Å². The van der Waals surface area contributed by atoms with Crippen LogP contribution >= 0.6 is 0 Å². The van der Waals surface area contributed by atoms with Crippen molar-refractivity contribution in [3.8, 4) is 5.75 Å². The first-order valence-electron chi connectivity index (χ1n) is 6.11. The van der Waals surface area contributed by atoms with Crippen LogP contribution in [0.25, 0.3) is 0 Å². The molecule has 2 aromatic rings. The third kappa shape index (κ3) is 3.18. The average Bonchev–Trinajstić information content (AvgIpc) is 2.47. The van der Waals surface area contributed by atoms with Gasteiger partial charge >= 0.3 is 0 Å². The molecule has 0 saturated heterocycles. The van der Waals surface area contributed by atoms with Gasteiger partial charge < -0.3 is 16.2 Å². The SMILES string of the molecule is N=C(N)c1ccc(NC(=O)c2cc([N+](=O)[O-])ccc2O)cc1. The van der Waals surface area contributed by atoms with Gasteiger partial charge in [-0.15, -0.1) is 0 Å². The molecule has 0 unspecified atom stereocenters. The second-order valence-electron chi connectivity index (χ2n) is 4.40. The molecule has 0 aliphatic carbocycles. The molecule has 1 amide bonds. The van der Waals surface area contributed by atoms with Gasteiger partial charge in [0.05, 0.1) is 10.5 Å². The highest BCUT2D eigenvalue weighted by Gasteiger charge is 2.16. The molecular weight excluding hydrogens is 288 g/mol. The maximum Gasteiger partial charge on any atom is 0.270 e. The number of carbonyl (C=O) groups excluding carboxylic acids is 1. The Kier molecular flexibility index (Phi) is 4.03. The maximum absolute atomic E-state index is 12.1. The number of amides is 1. The standard InChI is InChI=1S/C14H12N4O4/c15-13(16)8-1-3-9(4-2-8)17-14(20)11-7-10(18(21)22)5-6-12(11)19/h1-7,19H,(H3,15,16)(H,17,20). The van der Waals surface area contributed by atoms with E-state index in [1.165, 1.54) is 12.1 Å².